The van der Waals surface area contributed by atoms with Crippen molar-refractivity contribution >= 4 is 35.7 Å². The van der Waals surface area contributed by atoms with Gasteiger partial charge in [0.2, 0.25) is 0 Å². The van der Waals surface area contributed by atoms with Gasteiger partial charge in [-0.05, 0) is 57.6 Å². The van der Waals surface area contributed by atoms with E-state index in [4.69, 9.17) is 9.47 Å². The maximum atomic E-state index is 5.86. The van der Waals surface area contributed by atoms with Crippen molar-refractivity contribution in [2.75, 3.05) is 24.7 Å². The Morgan fingerprint density at radius 2 is 0.927 bits per heavy atom. The lowest BCUT2D eigenvalue weighted by atomic mass is 9.78. The summed E-state index contributed by atoms with van der Waals surface area (Å²) in [4.78, 5) is 2.54. The Labute approximate surface area is 254 Å². The fraction of sp³-hybridized carbons (Fsp3) is 0.243. The van der Waals surface area contributed by atoms with Crippen LogP contribution >= 0.6 is 23.5 Å². The molecule has 0 aromatic heterocycles. The van der Waals surface area contributed by atoms with Gasteiger partial charge in [-0.3, -0.25) is 0 Å². The topological polar surface area (TPSA) is 18.5 Å². The zero-order chi connectivity index (χ0) is 28.9. The largest absolute Gasteiger partial charge is 0.376 e. The monoisotopic (exact) mass is 580 g/mol. The smallest absolute Gasteiger partial charge is 0.0717 e. The Kier molecular flexibility index (Phi) is 11.9. The van der Waals surface area contributed by atoms with Crippen molar-refractivity contribution in [3.63, 3.8) is 0 Å². The van der Waals surface area contributed by atoms with E-state index in [9.17, 15) is 0 Å². The third kappa shape index (κ3) is 9.51. The number of thioether (sulfide) groups is 2. The Morgan fingerprint density at radius 1 is 0.561 bits per heavy atom. The second kappa shape index (κ2) is 15.8. The normalized spacial score (nSPS) is 11.4. The van der Waals surface area contributed by atoms with Crippen LogP contribution in [0.15, 0.2) is 120 Å². The van der Waals surface area contributed by atoms with Crippen LogP contribution in [0.5, 0.6) is 0 Å². The summed E-state index contributed by atoms with van der Waals surface area (Å²) < 4.78 is 11.7. The molecule has 0 heterocycles. The predicted octanol–water partition coefficient (Wildman–Crippen LogP) is 9.92. The summed E-state index contributed by atoms with van der Waals surface area (Å²) in [5.41, 5.74) is 7.20. The Hall–Kier alpha value is -3.02. The summed E-state index contributed by atoms with van der Waals surface area (Å²) in [7, 11) is 0. The average Bonchev–Trinajstić information content (AvgIpc) is 3.02. The van der Waals surface area contributed by atoms with E-state index in [-0.39, 0.29) is 5.41 Å². The van der Waals surface area contributed by atoms with Crippen LogP contribution in [0.2, 0.25) is 0 Å². The van der Waals surface area contributed by atoms with Crippen molar-refractivity contribution in [3.8, 4) is 0 Å². The lowest BCUT2D eigenvalue weighted by molar-refractivity contribution is 0.136. The van der Waals surface area contributed by atoms with E-state index < -0.39 is 0 Å². The molecular formula is C37H40O2S2. The average molecular weight is 581 g/mol. The second-order valence-corrected chi connectivity index (χ2v) is 12.7. The highest BCUT2D eigenvalue weighted by Crippen LogP contribution is 2.34. The van der Waals surface area contributed by atoms with E-state index in [0.29, 0.717) is 13.2 Å². The molecule has 0 unspecified atom stereocenters. The minimum Gasteiger partial charge on any atom is -0.376 e. The minimum atomic E-state index is -0.0685. The van der Waals surface area contributed by atoms with Gasteiger partial charge in [0.25, 0.3) is 0 Å². The van der Waals surface area contributed by atoms with E-state index in [2.05, 4.69) is 124 Å². The molecule has 41 heavy (non-hydrogen) atoms. The molecule has 4 aromatic carbocycles. The lowest BCUT2D eigenvalue weighted by Crippen LogP contribution is -2.18. The molecule has 4 rings (SSSR count). The van der Waals surface area contributed by atoms with Crippen molar-refractivity contribution < 1.29 is 9.47 Å². The van der Waals surface area contributed by atoms with Gasteiger partial charge in [-0.15, -0.1) is 23.5 Å². The Bertz CT molecular complexity index is 1250. The third-order valence-electron chi connectivity index (χ3n) is 7.11. The zero-order valence-electron chi connectivity index (χ0n) is 24.2. The van der Waals surface area contributed by atoms with Crippen molar-refractivity contribution in [2.45, 2.75) is 42.3 Å². The van der Waals surface area contributed by atoms with E-state index in [1.165, 1.54) is 32.0 Å². The van der Waals surface area contributed by atoms with Crippen LogP contribution in [-0.2, 0) is 28.1 Å². The summed E-state index contributed by atoms with van der Waals surface area (Å²) in [6.45, 7) is 14.9. The molecule has 0 radical (unpaired) electrons. The van der Waals surface area contributed by atoms with Gasteiger partial charge >= 0.3 is 0 Å². The molecule has 212 valence electrons. The fourth-order valence-corrected chi connectivity index (χ4v) is 5.95. The first-order valence-corrected chi connectivity index (χ1v) is 16.0. The number of hydrogen-bond donors (Lipinski definition) is 0. The van der Waals surface area contributed by atoms with Gasteiger partial charge in [0.1, 0.15) is 0 Å². The molecule has 0 spiro atoms. The number of ether oxygens (including phenoxy) is 2. The highest BCUT2D eigenvalue weighted by Gasteiger charge is 2.23. The highest BCUT2D eigenvalue weighted by atomic mass is 32.2. The van der Waals surface area contributed by atoms with Crippen LogP contribution in [-0.4, -0.2) is 24.7 Å². The zero-order valence-corrected chi connectivity index (χ0v) is 25.8. The molecule has 0 saturated carbocycles. The summed E-state index contributed by atoms with van der Waals surface area (Å²) in [5, 5.41) is 0. The van der Waals surface area contributed by atoms with Gasteiger partial charge in [0, 0.05) is 26.7 Å². The molecule has 0 aliphatic rings. The van der Waals surface area contributed by atoms with Gasteiger partial charge in [0.15, 0.2) is 0 Å². The van der Waals surface area contributed by atoms with Crippen LogP contribution in [0, 0.1) is 0 Å². The molecule has 0 bridgehead atoms. The van der Waals surface area contributed by atoms with Crippen LogP contribution in [0.1, 0.15) is 47.2 Å². The maximum absolute atomic E-state index is 5.86. The lowest BCUT2D eigenvalue weighted by Gasteiger charge is -2.26. The molecule has 0 amide bonds. The quantitative estimate of drug-likeness (QED) is 0.0969. The standard InChI is InChI=1S/C37H40O2S2/c1-5-29-7-11-31(12-8-29)27-38-23-25-40-35-19-15-33(16-20-35)37(3,4)34-17-21-36(22-18-34)41-26-24-39-28-32-13-9-30(6-2)10-14-32/h5-22H,1-2,23-28H2,3-4H3. The first-order valence-electron chi connectivity index (χ1n) is 14.0. The second-order valence-electron chi connectivity index (χ2n) is 10.4. The van der Waals surface area contributed by atoms with Crippen molar-refractivity contribution in [3.05, 3.63) is 144 Å². The summed E-state index contributed by atoms with van der Waals surface area (Å²) in [6.07, 6.45) is 3.71. The maximum Gasteiger partial charge on any atom is 0.0717 e. The minimum absolute atomic E-state index is 0.0685. The van der Waals surface area contributed by atoms with Crippen LogP contribution in [0.4, 0.5) is 0 Å². The summed E-state index contributed by atoms with van der Waals surface area (Å²) in [5.74, 6) is 1.86. The molecule has 0 aliphatic carbocycles. The molecule has 2 nitrogen and oxygen atoms in total. The van der Waals surface area contributed by atoms with Gasteiger partial charge in [-0.25, -0.2) is 0 Å². The Morgan fingerprint density at radius 3 is 1.27 bits per heavy atom. The first kappa shape index (κ1) is 30.9. The first-order chi connectivity index (χ1) is 20.0. The summed E-state index contributed by atoms with van der Waals surface area (Å²) in [6, 6.07) is 34.6. The van der Waals surface area contributed by atoms with E-state index >= 15 is 0 Å². The van der Waals surface area contributed by atoms with Crippen molar-refractivity contribution in [1.29, 1.82) is 0 Å². The van der Waals surface area contributed by atoms with Crippen LogP contribution in [0.25, 0.3) is 12.2 Å². The van der Waals surface area contributed by atoms with Crippen LogP contribution < -0.4 is 0 Å². The van der Waals surface area contributed by atoms with Crippen molar-refractivity contribution in [1.82, 2.24) is 0 Å². The molecule has 4 aromatic rings. The molecule has 0 N–H and O–H groups in total. The SMILES string of the molecule is C=Cc1ccc(COCCSc2ccc(C(C)(C)c3ccc(SCCOCc4ccc(C=C)cc4)cc3)cc2)cc1. The molecule has 0 atom stereocenters. The van der Waals surface area contributed by atoms with Gasteiger partial charge in [0.05, 0.1) is 26.4 Å². The van der Waals surface area contributed by atoms with Crippen LogP contribution in [0.3, 0.4) is 0 Å². The van der Waals surface area contributed by atoms with Crippen molar-refractivity contribution in [2.24, 2.45) is 0 Å². The Balaban J connectivity index is 1.17. The molecule has 0 fully saturated rings. The number of hydrogen-bond acceptors (Lipinski definition) is 4. The number of rotatable bonds is 16. The van der Waals surface area contributed by atoms with Gasteiger partial charge in [-0.2, -0.15) is 0 Å². The molecular weight excluding hydrogens is 541 g/mol. The van der Waals surface area contributed by atoms with Gasteiger partial charge in [-0.1, -0.05) is 112 Å². The predicted molar refractivity (Wildman–Crippen MR) is 179 cm³/mol. The highest BCUT2D eigenvalue weighted by molar-refractivity contribution is 7.99. The van der Waals surface area contributed by atoms with E-state index in [0.717, 1.165) is 35.8 Å². The molecule has 0 saturated heterocycles. The van der Waals surface area contributed by atoms with Gasteiger partial charge < -0.3 is 9.47 Å². The fourth-order valence-electron chi connectivity index (χ4n) is 4.42. The third-order valence-corrected chi connectivity index (χ3v) is 9.07. The molecule has 0 aliphatic heterocycles. The van der Waals surface area contributed by atoms with E-state index in [1.807, 2.05) is 35.7 Å². The van der Waals surface area contributed by atoms with E-state index in [1.54, 1.807) is 0 Å². The molecule has 4 heteroatoms. The number of benzene rings is 4. The summed E-state index contributed by atoms with van der Waals surface area (Å²) >= 11 is 3.67.